The van der Waals surface area contributed by atoms with Gasteiger partial charge in [-0.15, -0.1) is 0 Å². The third-order valence-electron chi connectivity index (χ3n) is 7.61. The van der Waals surface area contributed by atoms with Gasteiger partial charge in [0, 0.05) is 23.8 Å². The average Bonchev–Trinajstić information content (AvgIpc) is 3.39. The van der Waals surface area contributed by atoms with Crippen LogP contribution in [-0.4, -0.2) is 47.2 Å². The lowest BCUT2D eigenvalue weighted by Gasteiger charge is -2.29. The Bertz CT molecular complexity index is 1140. The summed E-state index contributed by atoms with van der Waals surface area (Å²) < 4.78 is 0. The lowest BCUT2D eigenvalue weighted by Crippen LogP contribution is -2.53. The van der Waals surface area contributed by atoms with Crippen LogP contribution in [0.3, 0.4) is 0 Å². The normalized spacial score (nSPS) is 27.9. The monoisotopic (exact) mass is 463 g/mol. The van der Waals surface area contributed by atoms with Crippen LogP contribution in [0, 0.1) is 25.7 Å². The van der Waals surface area contributed by atoms with Crippen molar-refractivity contribution in [3.63, 3.8) is 0 Å². The molecule has 3 heterocycles. The van der Waals surface area contributed by atoms with Gasteiger partial charge in [0.1, 0.15) is 5.54 Å². The molecular formula is C26H29N3O3S. The smallest absolute Gasteiger partial charge is 0.250 e. The van der Waals surface area contributed by atoms with Crippen molar-refractivity contribution in [3.8, 4) is 0 Å². The van der Waals surface area contributed by atoms with Crippen molar-refractivity contribution in [2.75, 3.05) is 23.9 Å². The Labute approximate surface area is 198 Å². The minimum atomic E-state index is -1.20. The Kier molecular flexibility index (Phi) is 5.57. The summed E-state index contributed by atoms with van der Waals surface area (Å²) in [6, 6.07) is 13.6. The molecule has 3 aliphatic rings. The van der Waals surface area contributed by atoms with E-state index >= 15 is 0 Å². The maximum Gasteiger partial charge on any atom is 0.250 e. The van der Waals surface area contributed by atoms with E-state index < -0.39 is 17.4 Å². The standard InChI is InChI=1S/C26H29N3O3S/c1-15-9-10-18-22(16(15)2)27-25(32)26(18)21-20(19(28-26)12-14-33-3)23(30)29(24(21)31)13-11-17-7-5-4-6-8-17/h4-10,19-21,28H,11-14H2,1-3H3,(H,27,32)/t19-,20+,21-,26+/m0/s1. The molecule has 33 heavy (non-hydrogen) atoms. The van der Waals surface area contributed by atoms with Crippen LogP contribution < -0.4 is 10.6 Å². The predicted molar refractivity (Wildman–Crippen MR) is 130 cm³/mol. The van der Waals surface area contributed by atoms with Crippen LogP contribution in [0.4, 0.5) is 5.69 Å². The van der Waals surface area contributed by atoms with Crippen molar-refractivity contribution in [2.45, 2.75) is 38.3 Å². The molecular weight excluding hydrogens is 434 g/mol. The van der Waals surface area contributed by atoms with Crippen LogP contribution in [0.2, 0.25) is 0 Å². The molecule has 0 bridgehead atoms. The van der Waals surface area contributed by atoms with Crippen LogP contribution in [0.15, 0.2) is 42.5 Å². The van der Waals surface area contributed by atoms with Gasteiger partial charge in [-0.1, -0.05) is 42.5 Å². The molecule has 5 rings (SSSR count). The number of amides is 3. The highest BCUT2D eigenvalue weighted by atomic mass is 32.2. The Hall–Kier alpha value is -2.64. The second kappa shape index (κ2) is 8.29. The molecule has 2 fully saturated rings. The fourth-order valence-electron chi connectivity index (χ4n) is 5.78. The van der Waals surface area contributed by atoms with Crippen LogP contribution in [0.5, 0.6) is 0 Å². The summed E-state index contributed by atoms with van der Waals surface area (Å²) in [4.78, 5) is 42.3. The van der Waals surface area contributed by atoms with Crippen molar-refractivity contribution in [2.24, 2.45) is 11.8 Å². The van der Waals surface area contributed by atoms with Crippen LogP contribution in [-0.2, 0) is 26.3 Å². The maximum absolute atomic E-state index is 13.8. The highest BCUT2D eigenvalue weighted by molar-refractivity contribution is 7.98. The molecule has 0 unspecified atom stereocenters. The van der Waals surface area contributed by atoms with E-state index in [1.54, 1.807) is 11.8 Å². The summed E-state index contributed by atoms with van der Waals surface area (Å²) in [5.41, 5.74) is 3.54. The Morgan fingerprint density at radius 2 is 1.79 bits per heavy atom. The molecule has 6 nitrogen and oxygen atoms in total. The Balaban J connectivity index is 1.54. The fraction of sp³-hybridized carbons (Fsp3) is 0.423. The number of benzene rings is 2. The van der Waals surface area contributed by atoms with Crippen molar-refractivity contribution in [1.29, 1.82) is 0 Å². The van der Waals surface area contributed by atoms with Gasteiger partial charge in [-0.3, -0.25) is 24.6 Å². The molecule has 0 aliphatic carbocycles. The minimum absolute atomic E-state index is 0.151. The molecule has 2 N–H and O–H groups in total. The molecule has 172 valence electrons. The molecule has 2 aromatic rings. The first-order valence-corrected chi connectivity index (χ1v) is 12.9. The van der Waals surface area contributed by atoms with E-state index in [1.165, 1.54) is 4.90 Å². The zero-order valence-electron chi connectivity index (χ0n) is 19.2. The lowest BCUT2D eigenvalue weighted by atomic mass is 9.76. The number of anilines is 1. The minimum Gasteiger partial charge on any atom is -0.324 e. The first-order chi connectivity index (χ1) is 15.9. The third-order valence-corrected chi connectivity index (χ3v) is 8.26. The number of nitrogens with zero attached hydrogens (tertiary/aromatic N) is 1. The SMILES string of the molecule is CSCC[C@@H]1N[C@@]2(C(=O)Nc3c2ccc(C)c3C)[C@@H]2C(=O)N(CCc3ccccc3)C(=O)[C@H]12. The molecule has 0 aromatic heterocycles. The fourth-order valence-corrected chi connectivity index (χ4v) is 6.27. The molecule has 2 aromatic carbocycles. The Morgan fingerprint density at radius 1 is 1.03 bits per heavy atom. The zero-order chi connectivity index (χ0) is 23.3. The molecule has 3 aliphatic heterocycles. The number of fused-ring (bicyclic) bond motifs is 4. The number of likely N-dealkylation sites (tertiary alicyclic amines) is 1. The van der Waals surface area contributed by atoms with Gasteiger partial charge < -0.3 is 5.32 Å². The van der Waals surface area contributed by atoms with Gasteiger partial charge in [-0.2, -0.15) is 11.8 Å². The van der Waals surface area contributed by atoms with Gasteiger partial charge in [0.2, 0.25) is 17.7 Å². The number of hydrogen-bond donors (Lipinski definition) is 2. The van der Waals surface area contributed by atoms with Gasteiger partial charge in [-0.25, -0.2) is 0 Å². The van der Waals surface area contributed by atoms with Crippen LogP contribution >= 0.6 is 11.8 Å². The second-order valence-electron chi connectivity index (χ2n) is 9.29. The highest BCUT2D eigenvalue weighted by Gasteiger charge is 2.70. The molecule has 7 heteroatoms. The van der Waals surface area contributed by atoms with Crippen LogP contribution in [0.1, 0.15) is 28.7 Å². The number of imide groups is 1. The lowest BCUT2D eigenvalue weighted by molar-refractivity contribution is -0.142. The number of thioether (sulfide) groups is 1. The number of nitrogens with one attached hydrogen (secondary N) is 2. The van der Waals surface area contributed by atoms with E-state index in [9.17, 15) is 14.4 Å². The number of carbonyl (C=O) groups is 3. The summed E-state index contributed by atoms with van der Waals surface area (Å²) in [5.74, 6) is -1.01. The summed E-state index contributed by atoms with van der Waals surface area (Å²) >= 11 is 1.70. The van der Waals surface area contributed by atoms with Gasteiger partial charge in [0.15, 0.2) is 0 Å². The quantitative estimate of drug-likeness (QED) is 0.644. The zero-order valence-corrected chi connectivity index (χ0v) is 20.0. The van der Waals surface area contributed by atoms with Crippen molar-refractivity contribution >= 4 is 35.2 Å². The summed E-state index contributed by atoms with van der Waals surface area (Å²) in [6.07, 6.45) is 3.36. The molecule has 0 radical (unpaired) electrons. The Morgan fingerprint density at radius 3 is 2.52 bits per heavy atom. The van der Waals surface area contributed by atoms with E-state index in [2.05, 4.69) is 10.6 Å². The summed E-state index contributed by atoms with van der Waals surface area (Å²) in [5, 5.41) is 6.57. The topological polar surface area (TPSA) is 78.5 Å². The molecule has 1 spiro atoms. The van der Waals surface area contributed by atoms with Crippen molar-refractivity contribution < 1.29 is 14.4 Å². The third kappa shape index (κ3) is 3.24. The van der Waals surface area contributed by atoms with E-state index in [0.29, 0.717) is 13.0 Å². The van der Waals surface area contributed by atoms with Crippen molar-refractivity contribution in [1.82, 2.24) is 10.2 Å². The van der Waals surface area contributed by atoms with Gasteiger partial charge >= 0.3 is 0 Å². The second-order valence-corrected chi connectivity index (χ2v) is 10.3. The largest absolute Gasteiger partial charge is 0.324 e. The van der Waals surface area contributed by atoms with Crippen molar-refractivity contribution in [3.05, 3.63) is 64.7 Å². The first-order valence-electron chi connectivity index (χ1n) is 11.5. The highest BCUT2D eigenvalue weighted by Crippen LogP contribution is 2.54. The van der Waals surface area contributed by atoms with Gasteiger partial charge in [0.25, 0.3) is 0 Å². The maximum atomic E-state index is 13.8. The van der Waals surface area contributed by atoms with E-state index in [1.807, 2.05) is 62.6 Å². The number of hydrogen-bond acceptors (Lipinski definition) is 5. The number of carbonyl (C=O) groups excluding carboxylic acids is 3. The number of aryl methyl sites for hydroxylation is 1. The predicted octanol–water partition coefficient (Wildman–Crippen LogP) is 3.02. The number of rotatable bonds is 6. The molecule has 3 amide bonds. The summed E-state index contributed by atoms with van der Waals surface area (Å²) in [7, 11) is 0. The van der Waals surface area contributed by atoms with Gasteiger partial charge in [0.05, 0.1) is 11.8 Å². The first kappa shape index (κ1) is 22.2. The molecule has 0 saturated carbocycles. The van der Waals surface area contributed by atoms with E-state index in [4.69, 9.17) is 0 Å². The van der Waals surface area contributed by atoms with Crippen LogP contribution in [0.25, 0.3) is 0 Å². The molecule has 4 atom stereocenters. The molecule has 2 saturated heterocycles. The summed E-state index contributed by atoms with van der Waals surface area (Å²) in [6.45, 7) is 4.33. The van der Waals surface area contributed by atoms with E-state index in [0.717, 1.165) is 40.1 Å². The van der Waals surface area contributed by atoms with E-state index in [-0.39, 0.29) is 23.8 Å². The van der Waals surface area contributed by atoms with Gasteiger partial charge in [-0.05, 0) is 55.4 Å². The average molecular weight is 464 g/mol.